The molecule has 0 aromatic heterocycles. The molecule has 20 heavy (non-hydrogen) atoms. The Morgan fingerprint density at radius 3 is 2.40 bits per heavy atom. The average molecular weight is 286 g/mol. The maximum atomic E-state index is 11.8. The third-order valence-electron chi connectivity index (χ3n) is 3.57. The molecule has 3 N–H and O–H groups in total. The molecule has 1 saturated carbocycles. The Hall–Kier alpha value is -1.63. The number of carbonyl (C=O) groups is 3. The van der Waals surface area contributed by atoms with Gasteiger partial charge in [0.05, 0.1) is 13.0 Å². The van der Waals surface area contributed by atoms with Gasteiger partial charge in [-0.25, -0.2) is 4.79 Å². The van der Waals surface area contributed by atoms with E-state index in [4.69, 9.17) is 9.84 Å². The highest BCUT2D eigenvalue weighted by Crippen LogP contribution is 2.43. The highest BCUT2D eigenvalue weighted by atomic mass is 16.5. The number of nitrogens with one attached hydrogen (secondary N) is 2. The van der Waals surface area contributed by atoms with Crippen molar-refractivity contribution in [2.24, 2.45) is 5.41 Å². The number of rotatable bonds is 7. The highest BCUT2D eigenvalue weighted by Gasteiger charge is 2.38. The summed E-state index contributed by atoms with van der Waals surface area (Å²) in [5, 5.41) is 13.7. The number of urea groups is 1. The van der Waals surface area contributed by atoms with Gasteiger partial charge in [-0.05, 0) is 18.3 Å². The maximum absolute atomic E-state index is 11.8. The lowest BCUT2D eigenvalue weighted by atomic mass is 9.79. The molecule has 0 radical (unpaired) electrons. The first-order valence-corrected chi connectivity index (χ1v) is 6.76. The van der Waals surface area contributed by atoms with Crippen molar-refractivity contribution in [1.29, 1.82) is 0 Å². The van der Waals surface area contributed by atoms with Gasteiger partial charge in [0.2, 0.25) is 5.91 Å². The Labute approximate surface area is 118 Å². The molecule has 1 rings (SSSR count). The van der Waals surface area contributed by atoms with Crippen molar-refractivity contribution >= 4 is 17.9 Å². The largest absolute Gasteiger partial charge is 0.481 e. The minimum absolute atomic E-state index is 0.0221. The standard InChI is InChI=1S/C13H22N2O5/c1-20-7-6-14-12(19)15-10(16)8-13(9-11(17)18)4-2-3-5-13/h2-9H2,1H3,(H,17,18)(H2,14,15,16,19). The van der Waals surface area contributed by atoms with Crippen molar-refractivity contribution in [2.45, 2.75) is 38.5 Å². The number of aliphatic carboxylic acids is 1. The van der Waals surface area contributed by atoms with Crippen molar-refractivity contribution in [2.75, 3.05) is 20.3 Å². The Bertz CT molecular complexity index is 364. The molecular weight excluding hydrogens is 264 g/mol. The van der Waals surface area contributed by atoms with Crippen molar-refractivity contribution in [3.8, 4) is 0 Å². The number of methoxy groups -OCH3 is 1. The molecule has 0 heterocycles. The molecule has 0 aromatic rings. The second-order valence-corrected chi connectivity index (χ2v) is 5.25. The van der Waals surface area contributed by atoms with Crippen LogP contribution in [-0.4, -0.2) is 43.3 Å². The number of ether oxygens (including phenoxy) is 1. The van der Waals surface area contributed by atoms with Gasteiger partial charge < -0.3 is 15.2 Å². The van der Waals surface area contributed by atoms with Gasteiger partial charge in [-0.15, -0.1) is 0 Å². The van der Waals surface area contributed by atoms with Crippen molar-refractivity contribution in [3.63, 3.8) is 0 Å². The van der Waals surface area contributed by atoms with Crippen LogP contribution in [-0.2, 0) is 14.3 Å². The molecule has 0 atom stereocenters. The van der Waals surface area contributed by atoms with E-state index in [0.29, 0.717) is 13.2 Å². The zero-order valence-electron chi connectivity index (χ0n) is 11.7. The van der Waals surface area contributed by atoms with Gasteiger partial charge in [-0.2, -0.15) is 0 Å². The second-order valence-electron chi connectivity index (χ2n) is 5.25. The van der Waals surface area contributed by atoms with Gasteiger partial charge in [0.15, 0.2) is 0 Å². The van der Waals surface area contributed by atoms with E-state index >= 15 is 0 Å². The average Bonchev–Trinajstić information content (AvgIpc) is 2.76. The van der Waals surface area contributed by atoms with Gasteiger partial charge in [0, 0.05) is 20.1 Å². The predicted molar refractivity (Wildman–Crippen MR) is 71.2 cm³/mol. The van der Waals surface area contributed by atoms with Crippen LogP contribution < -0.4 is 10.6 Å². The van der Waals surface area contributed by atoms with Crippen LogP contribution in [0.15, 0.2) is 0 Å². The third-order valence-corrected chi connectivity index (χ3v) is 3.57. The molecule has 1 fully saturated rings. The van der Waals surface area contributed by atoms with Gasteiger partial charge in [0.1, 0.15) is 0 Å². The first-order chi connectivity index (χ1) is 9.47. The van der Waals surface area contributed by atoms with Crippen molar-refractivity contribution in [1.82, 2.24) is 10.6 Å². The topological polar surface area (TPSA) is 105 Å². The monoisotopic (exact) mass is 286 g/mol. The van der Waals surface area contributed by atoms with E-state index in [0.717, 1.165) is 25.7 Å². The van der Waals surface area contributed by atoms with Crippen LogP contribution in [0.2, 0.25) is 0 Å². The molecular formula is C13H22N2O5. The first-order valence-electron chi connectivity index (χ1n) is 6.76. The fraction of sp³-hybridized carbons (Fsp3) is 0.769. The normalized spacial score (nSPS) is 16.6. The molecule has 3 amide bonds. The number of carboxylic acids is 1. The number of amides is 3. The summed E-state index contributed by atoms with van der Waals surface area (Å²) in [6, 6.07) is -0.574. The lowest BCUT2D eigenvalue weighted by molar-refractivity contribution is -0.140. The minimum atomic E-state index is -0.899. The Kier molecular flexibility index (Phi) is 6.44. The van der Waals surface area contributed by atoms with E-state index in [1.807, 2.05) is 0 Å². The van der Waals surface area contributed by atoms with E-state index in [2.05, 4.69) is 10.6 Å². The SMILES string of the molecule is COCCNC(=O)NC(=O)CC1(CC(=O)O)CCCC1. The van der Waals surface area contributed by atoms with Crippen LogP contribution >= 0.6 is 0 Å². The molecule has 0 bridgehead atoms. The van der Waals surface area contributed by atoms with Crippen molar-refractivity contribution < 1.29 is 24.2 Å². The van der Waals surface area contributed by atoms with E-state index < -0.39 is 23.3 Å². The molecule has 0 aliphatic heterocycles. The van der Waals surface area contributed by atoms with E-state index in [1.54, 1.807) is 0 Å². The fourth-order valence-electron chi connectivity index (χ4n) is 2.68. The molecule has 0 aromatic carbocycles. The second kappa shape index (κ2) is 7.84. The summed E-state index contributed by atoms with van der Waals surface area (Å²) in [4.78, 5) is 34.2. The summed E-state index contributed by atoms with van der Waals surface area (Å²) in [5.41, 5.74) is -0.497. The van der Waals surface area contributed by atoms with Crippen LogP contribution in [0.1, 0.15) is 38.5 Å². The summed E-state index contributed by atoms with van der Waals surface area (Å²) < 4.78 is 4.77. The Morgan fingerprint density at radius 2 is 1.85 bits per heavy atom. The lowest BCUT2D eigenvalue weighted by Gasteiger charge is -2.26. The van der Waals surface area contributed by atoms with Crippen LogP contribution in [0.3, 0.4) is 0 Å². The Balaban J connectivity index is 2.42. The van der Waals surface area contributed by atoms with Crippen molar-refractivity contribution in [3.05, 3.63) is 0 Å². The summed E-state index contributed by atoms with van der Waals surface area (Å²) >= 11 is 0. The smallest absolute Gasteiger partial charge is 0.321 e. The van der Waals surface area contributed by atoms with Crippen LogP contribution in [0.5, 0.6) is 0 Å². The van der Waals surface area contributed by atoms with E-state index in [1.165, 1.54) is 7.11 Å². The van der Waals surface area contributed by atoms with Crippen LogP contribution in [0.4, 0.5) is 4.79 Å². The third kappa shape index (κ3) is 5.56. The fourth-order valence-corrected chi connectivity index (χ4v) is 2.68. The zero-order valence-corrected chi connectivity index (χ0v) is 11.7. The zero-order chi connectivity index (χ0) is 15.0. The van der Waals surface area contributed by atoms with Gasteiger partial charge in [-0.1, -0.05) is 12.8 Å². The predicted octanol–water partition coefficient (Wildman–Crippen LogP) is 0.884. The lowest BCUT2D eigenvalue weighted by Crippen LogP contribution is -2.42. The molecule has 1 aliphatic carbocycles. The Morgan fingerprint density at radius 1 is 1.20 bits per heavy atom. The number of carbonyl (C=O) groups excluding carboxylic acids is 2. The first kappa shape index (κ1) is 16.4. The number of carboxylic acid groups (broad SMARTS) is 1. The van der Waals surface area contributed by atoms with Gasteiger partial charge >= 0.3 is 12.0 Å². The van der Waals surface area contributed by atoms with Gasteiger partial charge in [-0.3, -0.25) is 14.9 Å². The molecule has 0 saturated heterocycles. The number of hydrogen-bond acceptors (Lipinski definition) is 4. The summed E-state index contributed by atoms with van der Waals surface area (Å²) in [7, 11) is 1.51. The summed E-state index contributed by atoms with van der Waals surface area (Å²) in [6.07, 6.45) is 3.36. The molecule has 7 heteroatoms. The number of imide groups is 1. The van der Waals surface area contributed by atoms with E-state index in [9.17, 15) is 14.4 Å². The molecule has 0 spiro atoms. The molecule has 0 unspecified atom stereocenters. The quantitative estimate of drug-likeness (QED) is 0.603. The maximum Gasteiger partial charge on any atom is 0.321 e. The van der Waals surface area contributed by atoms with Gasteiger partial charge in [0.25, 0.3) is 0 Å². The van der Waals surface area contributed by atoms with E-state index in [-0.39, 0.29) is 12.8 Å². The molecule has 7 nitrogen and oxygen atoms in total. The molecule has 1 aliphatic rings. The molecule has 114 valence electrons. The minimum Gasteiger partial charge on any atom is -0.481 e. The van der Waals surface area contributed by atoms with Crippen LogP contribution in [0, 0.1) is 5.41 Å². The summed E-state index contributed by atoms with van der Waals surface area (Å²) in [6.45, 7) is 0.681. The van der Waals surface area contributed by atoms with Crippen LogP contribution in [0.25, 0.3) is 0 Å². The highest BCUT2D eigenvalue weighted by molar-refractivity contribution is 5.94. The summed E-state index contributed by atoms with van der Waals surface area (Å²) in [5.74, 6) is -1.33. The number of hydrogen-bond donors (Lipinski definition) is 3.